The largest absolute Gasteiger partial charge is 0.497 e. The van der Waals surface area contributed by atoms with Crippen LogP contribution < -0.4 is 9.64 Å². The van der Waals surface area contributed by atoms with E-state index in [2.05, 4.69) is 0 Å². The number of hydrogen-bond acceptors (Lipinski definition) is 2. The predicted molar refractivity (Wildman–Crippen MR) is 93.9 cm³/mol. The molecule has 2 atom stereocenters. The second kappa shape index (κ2) is 5.68. The number of methoxy groups -OCH3 is 1. The molecule has 120 valence electrons. The van der Waals surface area contributed by atoms with Gasteiger partial charge in [0.1, 0.15) is 11.8 Å². The third-order valence-electron chi connectivity index (χ3n) is 4.55. The Hall–Kier alpha value is -2.81. The normalized spacial score (nSPS) is 22.2. The van der Waals surface area contributed by atoms with Crippen LogP contribution in [0.2, 0.25) is 0 Å². The SMILES string of the molecule is COc1ccc([C@H]2N(c3ccccc3)[C@]2(F)c2ccccc2)cc1. The van der Waals surface area contributed by atoms with Gasteiger partial charge in [-0.05, 0) is 29.8 Å². The van der Waals surface area contributed by atoms with Gasteiger partial charge in [0.25, 0.3) is 0 Å². The van der Waals surface area contributed by atoms with E-state index in [-0.39, 0.29) is 6.04 Å². The first-order chi connectivity index (χ1) is 11.7. The van der Waals surface area contributed by atoms with Gasteiger partial charge in [-0.2, -0.15) is 0 Å². The zero-order valence-electron chi connectivity index (χ0n) is 13.4. The van der Waals surface area contributed by atoms with E-state index in [1.165, 1.54) is 0 Å². The molecule has 3 aromatic carbocycles. The summed E-state index contributed by atoms with van der Waals surface area (Å²) in [4.78, 5) is 1.82. The maximum absolute atomic E-state index is 16.0. The van der Waals surface area contributed by atoms with Crippen molar-refractivity contribution in [3.8, 4) is 5.75 Å². The minimum absolute atomic E-state index is 0.340. The van der Waals surface area contributed by atoms with E-state index in [4.69, 9.17) is 4.74 Å². The molecule has 0 N–H and O–H groups in total. The zero-order valence-corrected chi connectivity index (χ0v) is 13.4. The molecule has 1 aliphatic rings. The fraction of sp³-hybridized carbons (Fsp3) is 0.143. The van der Waals surface area contributed by atoms with Crippen LogP contribution in [0.3, 0.4) is 0 Å². The molecule has 0 amide bonds. The van der Waals surface area contributed by atoms with E-state index >= 15 is 4.39 Å². The molecule has 1 saturated heterocycles. The van der Waals surface area contributed by atoms with Gasteiger partial charge in [-0.15, -0.1) is 0 Å². The summed E-state index contributed by atoms with van der Waals surface area (Å²) in [5, 5.41) is 0. The van der Waals surface area contributed by atoms with Crippen LogP contribution in [0.4, 0.5) is 10.1 Å². The first-order valence-corrected chi connectivity index (χ1v) is 7.98. The highest BCUT2D eigenvalue weighted by molar-refractivity contribution is 5.64. The van der Waals surface area contributed by atoms with Crippen molar-refractivity contribution < 1.29 is 9.13 Å². The summed E-state index contributed by atoms with van der Waals surface area (Å²) in [7, 11) is 1.63. The van der Waals surface area contributed by atoms with Crippen molar-refractivity contribution in [2.75, 3.05) is 12.0 Å². The highest BCUT2D eigenvalue weighted by atomic mass is 19.2. The van der Waals surface area contributed by atoms with Crippen molar-refractivity contribution in [2.24, 2.45) is 0 Å². The van der Waals surface area contributed by atoms with Gasteiger partial charge in [-0.25, -0.2) is 4.39 Å². The molecule has 1 fully saturated rings. The number of hydrogen-bond donors (Lipinski definition) is 0. The van der Waals surface area contributed by atoms with Crippen LogP contribution in [-0.4, -0.2) is 7.11 Å². The van der Waals surface area contributed by atoms with Crippen LogP contribution in [0.5, 0.6) is 5.75 Å². The van der Waals surface area contributed by atoms with E-state index in [1.807, 2.05) is 89.8 Å². The van der Waals surface area contributed by atoms with Crippen LogP contribution in [0.15, 0.2) is 84.9 Å². The molecule has 0 spiro atoms. The molecule has 3 aromatic rings. The van der Waals surface area contributed by atoms with Gasteiger partial charge in [0.15, 0.2) is 0 Å². The topological polar surface area (TPSA) is 12.2 Å². The van der Waals surface area contributed by atoms with Crippen LogP contribution >= 0.6 is 0 Å². The smallest absolute Gasteiger partial charge is 0.234 e. The third kappa shape index (κ3) is 2.24. The molecule has 0 aliphatic carbocycles. The second-order valence-electron chi connectivity index (χ2n) is 5.92. The van der Waals surface area contributed by atoms with Crippen LogP contribution in [0.25, 0.3) is 0 Å². The molecule has 3 heteroatoms. The number of para-hydroxylation sites is 1. The number of anilines is 1. The maximum Gasteiger partial charge on any atom is 0.234 e. The van der Waals surface area contributed by atoms with Gasteiger partial charge in [0.05, 0.1) is 7.11 Å². The number of rotatable bonds is 4. The standard InChI is InChI=1S/C21H18FNO/c1-24-19-14-12-16(13-15-19)20-21(22,17-8-4-2-5-9-17)23(20)18-10-6-3-7-11-18/h2-15,20H,1H3/t20-,21-,23?/m1/s1. The molecular formula is C21H18FNO. The number of alkyl halides is 1. The summed E-state index contributed by atoms with van der Waals surface area (Å²) in [5.41, 5.74) is 2.49. The van der Waals surface area contributed by atoms with Gasteiger partial charge in [0, 0.05) is 11.3 Å². The summed E-state index contributed by atoms with van der Waals surface area (Å²) < 4.78 is 21.2. The number of nitrogens with zero attached hydrogens (tertiary/aromatic N) is 1. The van der Waals surface area contributed by atoms with E-state index < -0.39 is 5.79 Å². The van der Waals surface area contributed by atoms with Crippen molar-refractivity contribution in [2.45, 2.75) is 11.8 Å². The molecule has 0 aromatic heterocycles. The Morgan fingerprint density at radius 3 is 2.00 bits per heavy atom. The summed E-state index contributed by atoms with van der Waals surface area (Å²) in [6.07, 6.45) is 0. The van der Waals surface area contributed by atoms with Gasteiger partial charge < -0.3 is 9.64 Å². The Bertz CT molecular complexity index is 819. The predicted octanol–water partition coefficient (Wildman–Crippen LogP) is 5.08. The molecule has 1 heterocycles. The Morgan fingerprint density at radius 1 is 0.833 bits per heavy atom. The van der Waals surface area contributed by atoms with Crippen molar-refractivity contribution in [3.05, 3.63) is 96.1 Å². The minimum Gasteiger partial charge on any atom is -0.497 e. The highest BCUT2D eigenvalue weighted by Gasteiger charge is 2.66. The van der Waals surface area contributed by atoms with E-state index in [0.717, 1.165) is 17.0 Å². The lowest BCUT2D eigenvalue weighted by Gasteiger charge is -2.09. The van der Waals surface area contributed by atoms with E-state index in [1.54, 1.807) is 7.11 Å². The lowest BCUT2D eigenvalue weighted by Crippen LogP contribution is -2.09. The van der Waals surface area contributed by atoms with Crippen LogP contribution in [0.1, 0.15) is 17.2 Å². The Labute approximate surface area is 141 Å². The average molecular weight is 319 g/mol. The molecular weight excluding hydrogens is 301 g/mol. The van der Waals surface area contributed by atoms with Crippen LogP contribution in [-0.2, 0) is 5.79 Å². The van der Waals surface area contributed by atoms with Crippen molar-refractivity contribution in [1.29, 1.82) is 0 Å². The quantitative estimate of drug-likeness (QED) is 0.491. The third-order valence-corrected chi connectivity index (χ3v) is 4.55. The summed E-state index contributed by atoms with van der Waals surface area (Å²) >= 11 is 0. The summed E-state index contributed by atoms with van der Waals surface area (Å²) in [5.74, 6) is -0.758. The monoisotopic (exact) mass is 319 g/mol. The molecule has 24 heavy (non-hydrogen) atoms. The average Bonchev–Trinajstić information content (AvgIpc) is 3.30. The van der Waals surface area contributed by atoms with Gasteiger partial charge in [-0.3, -0.25) is 0 Å². The molecule has 0 saturated carbocycles. The van der Waals surface area contributed by atoms with Gasteiger partial charge in [-0.1, -0.05) is 60.7 Å². The zero-order chi connectivity index (χ0) is 16.6. The van der Waals surface area contributed by atoms with E-state index in [0.29, 0.717) is 5.56 Å². The van der Waals surface area contributed by atoms with Crippen molar-refractivity contribution in [3.63, 3.8) is 0 Å². The first kappa shape index (κ1) is 14.8. The van der Waals surface area contributed by atoms with Crippen molar-refractivity contribution >= 4 is 5.69 Å². The fourth-order valence-corrected chi connectivity index (χ4v) is 3.32. The highest BCUT2D eigenvalue weighted by Crippen LogP contribution is 2.63. The van der Waals surface area contributed by atoms with Gasteiger partial charge in [0.2, 0.25) is 5.79 Å². The summed E-state index contributed by atoms with van der Waals surface area (Å²) in [6, 6.07) is 26.3. The van der Waals surface area contributed by atoms with Crippen LogP contribution in [0, 0.1) is 0 Å². The first-order valence-electron chi connectivity index (χ1n) is 7.98. The number of ether oxygens (including phenoxy) is 1. The fourth-order valence-electron chi connectivity index (χ4n) is 3.32. The maximum atomic E-state index is 16.0. The van der Waals surface area contributed by atoms with Crippen molar-refractivity contribution in [1.82, 2.24) is 0 Å². The molecule has 4 rings (SSSR count). The number of benzene rings is 3. The molecule has 2 nitrogen and oxygen atoms in total. The Morgan fingerprint density at radius 2 is 1.42 bits per heavy atom. The lowest BCUT2D eigenvalue weighted by molar-refractivity contribution is 0.306. The van der Waals surface area contributed by atoms with E-state index in [9.17, 15) is 0 Å². The Kier molecular flexibility index (Phi) is 3.49. The molecule has 1 aliphatic heterocycles. The van der Waals surface area contributed by atoms with Gasteiger partial charge >= 0.3 is 0 Å². The summed E-state index contributed by atoms with van der Waals surface area (Å²) in [6.45, 7) is 0. The Balaban J connectivity index is 1.78. The molecule has 0 bridgehead atoms. The number of halogens is 1. The second-order valence-corrected chi connectivity index (χ2v) is 5.92. The molecule has 0 unspecified atom stereocenters. The lowest BCUT2D eigenvalue weighted by atomic mass is 10.0. The molecule has 0 radical (unpaired) electrons. The minimum atomic E-state index is -1.53.